The SMILES string of the molecule is CC=CCC(=O)S. The lowest BCUT2D eigenvalue weighted by atomic mass is 10.4. The van der Waals surface area contributed by atoms with Gasteiger partial charge in [-0.15, -0.1) is 12.6 Å². The third kappa shape index (κ3) is 5.76. The average Bonchev–Trinajstić information content (AvgIpc) is 1.61. The summed E-state index contributed by atoms with van der Waals surface area (Å²) in [6.07, 6.45) is 4.04. The van der Waals surface area contributed by atoms with Gasteiger partial charge < -0.3 is 0 Å². The summed E-state index contributed by atoms with van der Waals surface area (Å²) in [7, 11) is 0. The summed E-state index contributed by atoms with van der Waals surface area (Å²) in [6, 6.07) is 0. The van der Waals surface area contributed by atoms with Crippen molar-refractivity contribution >= 4 is 17.7 Å². The van der Waals surface area contributed by atoms with Gasteiger partial charge in [0.05, 0.1) is 0 Å². The number of carbonyl (C=O) groups excluding carboxylic acids is 1. The highest BCUT2D eigenvalue weighted by Crippen LogP contribution is 1.87. The van der Waals surface area contributed by atoms with Crippen molar-refractivity contribution in [3.05, 3.63) is 12.2 Å². The van der Waals surface area contributed by atoms with E-state index in [1.807, 2.05) is 13.0 Å². The summed E-state index contributed by atoms with van der Waals surface area (Å²) in [6.45, 7) is 1.87. The number of hydrogen-bond acceptors (Lipinski definition) is 1. The van der Waals surface area contributed by atoms with Gasteiger partial charge in [0, 0.05) is 6.42 Å². The van der Waals surface area contributed by atoms with E-state index in [4.69, 9.17) is 0 Å². The smallest absolute Gasteiger partial charge is 0.189 e. The van der Waals surface area contributed by atoms with Gasteiger partial charge in [0.1, 0.15) is 0 Å². The molecular weight excluding hydrogens is 108 g/mol. The second-order valence-electron chi connectivity index (χ2n) is 1.17. The van der Waals surface area contributed by atoms with Crippen molar-refractivity contribution < 1.29 is 4.79 Å². The molecule has 0 aromatic carbocycles. The van der Waals surface area contributed by atoms with Crippen molar-refractivity contribution in [1.82, 2.24) is 0 Å². The Morgan fingerprint density at radius 3 is 2.57 bits per heavy atom. The first-order valence-corrected chi connectivity index (χ1v) is 2.55. The van der Waals surface area contributed by atoms with Gasteiger partial charge in [0.25, 0.3) is 0 Å². The minimum absolute atomic E-state index is 0.0851. The molecule has 0 saturated heterocycles. The van der Waals surface area contributed by atoms with Crippen LogP contribution in [0.2, 0.25) is 0 Å². The molecule has 0 aliphatic heterocycles. The van der Waals surface area contributed by atoms with Crippen molar-refractivity contribution in [2.75, 3.05) is 0 Å². The summed E-state index contributed by atoms with van der Waals surface area (Å²) in [5.41, 5.74) is 0. The minimum atomic E-state index is -0.0851. The predicted octanol–water partition coefficient (Wildman–Crippen LogP) is 1.41. The molecule has 0 aliphatic rings. The molecule has 0 rings (SSSR count). The largest absolute Gasteiger partial charge is 0.287 e. The molecule has 0 aliphatic carbocycles. The van der Waals surface area contributed by atoms with Crippen molar-refractivity contribution in [3.8, 4) is 0 Å². The molecule has 1 nitrogen and oxygen atoms in total. The van der Waals surface area contributed by atoms with Gasteiger partial charge in [-0.1, -0.05) is 12.2 Å². The molecule has 0 aromatic rings. The van der Waals surface area contributed by atoms with Crippen LogP contribution in [0.5, 0.6) is 0 Å². The van der Waals surface area contributed by atoms with Crippen LogP contribution in [-0.4, -0.2) is 5.12 Å². The fourth-order valence-corrected chi connectivity index (χ4v) is 0.324. The van der Waals surface area contributed by atoms with Crippen LogP contribution < -0.4 is 0 Å². The molecule has 0 aromatic heterocycles. The molecule has 0 spiro atoms. The lowest BCUT2D eigenvalue weighted by Crippen LogP contribution is -1.78. The monoisotopic (exact) mass is 116 g/mol. The number of carbonyl (C=O) groups is 1. The van der Waals surface area contributed by atoms with Crippen LogP contribution in [0.1, 0.15) is 13.3 Å². The molecule has 0 saturated carbocycles. The van der Waals surface area contributed by atoms with Crippen molar-refractivity contribution in [2.45, 2.75) is 13.3 Å². The molecule has 0 unspecified atom stereocenters. The lowest BCUT2D eigenvalue weighted by molar-refractivity contribution is -0.110. The Labute approximate surface area is 48.8 Å². The van der Waals surface area contributed by atoms with E-state index in [0.29, 0.717) is 6.42 Å². The first kappa shape index (κ1) is 6.76. The summed E-state index contributed by atoms with van der Waals surface area (Å²) in [4.78, 5) is 10.0. The highest BCUT2D eigenvalue weighted by molar-refractivity contribution is 7.96. The summed E-state index contributed by atoms with van der Waals surface area (Å²) < 4.78 is 0. The van der Waals surface area contributed by atoms with Crippen molar-refractivity contribution in [1.29, 1.82) is 0 Å². The minimum Gasteiger partial charge on any atom is -0.287 e. The van der Waals surface area contributed by atoms with Gasteiger partial charge in [-0.2, -0.15) is 0 Å². The van der Waals surface area contributed by atoms with E-state index in [1.165, 1.54) is 0 Å². The van der Waals surface area contributed by atoms with Gasteiger partial charge in [-0.05, 0) is 6.92 Å². The highest BCUT2D eigenvalue weighted by Gasteiger charge is 1.83. The maximum atomic E-state index is 10.0. The maximum Gasteiger partial charge on any atom is 0.189 e. The Bertz CT molecular complexity index is 86.1. The van der Waals surface area contributed by atoms with Crippen LogP contribution >= 0.6 is 12.6 Å². The Balaban J connectivity index is 3.14. The fraction of sp³-hybridized carbons (Fsp3) is 0.400. The van der Waals surface area contributed by atoms with Gasteiger partial charge in [-0.25, -0.2) is 0 Å². The van der Waals surface area contributed by atoms with Crippen LogP contribution in [0, 0.1) is 0 Å². The van der Waals surface area contributed by atoms with E-state index in [-0.39, 0.29) is 5.12 Å². The van der Waals surface area contributed by atoms with Crippen LogP contribution in [-0.2, 0) is 4.79 Å². The topological polar surface area (TPSA) is 17.1 Å². The third-order valence-corrected chi connectivity index (χ3v) is 0.711. The molecule has 0 radical (unpaired) electrons. The summed E-state index contributed by atoms with van der Waals surface area (Å²) in [5, 5.41) is -0.0851. The molecule has 40 valence electrons. The van der Waals surface area contributed by atoms with E-state index in [1.54, 1.807) is 6.08 Å². The average molecular weight is 116 g/mol. The molecular formula is C5H8OS. The predicted molar refractivity (Wildman–Crippen MR) is 33.4 cm³/mol. The zero-order chi connectivity index (χ0) is 5.70. The van der Waals surface area contributed by atoms with Crippen LogP contribution in [0.25, 0.3) is 0 Å². The van der Waals surface area contributed by atoms with E-state index >= 15 is 0 Å². The maximum absolute atomic E-state index is 10.0. The molecule has 0 atom stereocenters. The Hall–Kier alpha value is -0.240. The van der Waals surface area contributed by atoms with Crippen molar-refractivity contribution in [3.63, 3.8) is 0 Å². The first-order chi connectivity index (χ1) is 3.27. The molecule has 0 amide bonds. The second kappa shape index (κ2) is 3.93. The van der Waals surface area contributed by atoms with E-state index in [0.717, 1.165) is 0 Å². The van der Waals surface area contributed by atoms with Crippen LogP contribution in [0.3, 0.4) is 0 Å². The first-order valence-electron chi connectivity index (χ1n) is 2.10. The zero-order valence-corrected chi connectivity index (χ0v) is 5.11. The normalized spacial score (nSPS) is 10.0. The van der Waals surface area contributed by atoms with Gasteiger partial charge in [0.15, 0.2) is 5.12 Å². The highest BCUT2D eigenvalue weighted by atomic mass is 32.1. The van der Waals surface area contributed by atoms with E-state index in [2.05, 4.69) is 12.6 Å². The second-order valence-corrected chi connectivity index (χ2v) is 1.67. The molecule has 0 N–H and O–H groups in total. The number of allylic oxidation sites excluding steroid dienone is 2. The standard InChI is InChI=1S/C5H8OS/c1-2-3-4-5(6)7/h2-3H,4H2,1H3,(H,6,7). The summed E-state index contributed by atoms with van der Waals surface area (Å²) in [5.74, 6) is 0. The van der Waals surface area contributed by atoms with E-state index in [9.17, 15) is 4.79 Å². The van der Waals surface area contributed by atoms with Crippen molar-refractivity contribution in [2.24, 2.45) is 0 Å². The summed E-state index contributed by atoms with van der Waals surface area (Å²) >= 11 is 3.54. The van der Waals surface area contributed by atoms with Gasteiger partial charge in [0.2, 0.25) is 0 Å². The Morgan fingerprint density at radius 1 is 1.86 bits per heavy atom. The third-order valence-electron chi connectivity index (χ3n) is 0.528. The fourth-order valence-electron chi connectivity index (χ4n) is 0.219. The number of hydrogen-bond donors (Lipinski definition) is 1. The molecule has 7 heavy (non-hydrogen) atoms. The Kier molecular flexibility index (Phi) is 3.80. The number of rotatable bonds is 2. The molecule has 0 bridgehead atoms. The molecule has 2 heteroatoms. The molecule has 0 heterocycles. The van der Waals surface area contributed by atoms with Crippen LogP contribution in [0.15, 0.2) is 12.2 Å². The van der Waals surface area contributed by atoms with Gasteiger partial charge >= 0.3 is 0 Å². The van der Waals surface area contributed by atoms with E-state index < -0.39 is 0 Å². The van der Waals surface area contributed by atoms with Gasteiger partial charge in [-0.3, -0.25) is 4.79 Å². The lowest BCUT2D eigenvalue weighted by Gasteiger charge is -1.76. The number of thiol groups is 1. The quantitative estimate of drug-likeness (QED) is 0.426. The zero-order valence-electron chi connectivity index (χ0n) is 4.22. The van der Waals surface area contributed by atoms with Crippen LogP contribution in [0.4, 0.5) is 0 Å². The Morgan fingerprint density at radius 2 is 2.43 bits per heavy atom. The molecule has 0 fully saturated rings.